The van der Waals surface area contributed by atoms with Crippen LogP contribution in [0.3, 0.4) is 0 Å². The van der Waals surface area contributed by atoms with Gasteiger partial charge in [0, 0.05) is 35.0 Å². The number of nitrogens with zero attached hydrogens (tertiary/aromatic N) is 4. The molecule has 156 valence electrons. The largest absolute Gasteiger partial charge is 0.367 e. The Labute approximate surface area is 171 Å². The van der Waals surface area contributed by atoms with Crippen molar-refractivity contribution in [3.63, 3.8) is 0 Å². The Morgan fingerprint density at radius 3 is 1.83 bits per heavy atom. The topological polar surface area (TPSA) is 102 Å². The maximum atomic E-state index is 5.27. The molecule has 2 atom stereocenters. The first-order valence-corrected chi connectivity index (χ1v) is 9.94. The lowest BCUT2D eigenvalue weighted by molar-refractivity contribution is 0.392. The van der Waals surface area contributed by atoms with Crippen LogP contribution in [0.4, 0.5) is 11.8 Å². The van der Waals surface area contributed by atoms with E-state index in [4.69, 9.17) is 9.05 Å². The summed E-state index contributed by atoms with van der Waals surface area (Å²) in [5.74, 6) is 3.15. The van der Waals surface area contributed by atoms with Crippen LogP contribution < -0.4 is 10.6 Å². The predicted octanol–water partition coefficient (Wildman–Crippen LogP) is 4.08. The second-order valence-corrected chi connectivity index (χ2v) is 7.83. The van der Waals surface area contributed by atoms with Gasteiger partial charge in [0.15, 0.2) is 0 Å². The number of aromatic nitrogens is 4. The molecule has 3 heterocycles. The first-order valence-electron chi connectivity index (χ1n) is 9.94. The molecule has 0 bridgehead atoms. The lowest BCUT2D eigenvalue weighted by atomic mass is 10.1. The molecule has 2 unspecified atom stereocenters. The molecule has 0 spiro atoms. The minimum atomic E-state index is 0.141. The number of hydrogen-bond acceptors (Lipinski definition) is 8. The number of rotatable bonds is 8. The number of anilines is 2. The fourth-order valence-electron chi connectivity index (χ4n) is 3.41. The molecule has 8 heteroatoms. The van der Waals surface area contributed by atoms with E-state index >= 15 is 0 Å². The van der Waals surface area contributed by atoms with E-state index < -0.39 is 0 Å². The normalized spacial score (nSPS) is 13.3. The van der Waals surface area contributed by atoms with E-state index in [2.05, 4.69) is 44.8 Å². The monoisotopic (exact) mass is 398 g/mol. The van der Waals surface area contributed by atoms with Gasteiger partial charge < -0.3 is 19.7 Å². The van der Waals surface area contributed by atoms with Crippen LogP contribution in [0, 0.1) is 34.6 Å². The summed E-state index contributed by atoms with van der Waals surface area (Å²) in [6, 6.07) is 0.315. The van der Waals surface area contributed by atoms with Crippen LogP contribution >= 0.6 is 0 Å². The van der Waals surface area contributed by atoms with Gasteiger partial charge in [-0.25, -0.2) is 4.98 Å². The van der Waals surface area contributed by atoms with Crippen molar-refractivity contribution in [3.8, 4) is 0 Å². The van der Waals surface area contributed by atoms with Gasteiger partial charge in [-0.3, -0.25) is 0 Å². The lowest BCUT2D eigenvalue weighted by Gasteiger charge is -2.18. The molecule has 0 radical (unpaired) electrons. The molecule has 0 saturated heterocycles. The zero-order valence-electron chi connectivity index (χ0n) is 18.3. The Morgan fingerprint density at radius 1 is 0.828 bits per heavy atom. The Kier molecular flexibility index (Phi) is 6.20. The zero-order valence-corrected chi connectivity index (χ0v) is 18.3. The van der Waals surface area contributed by atoms with Crippen LogP contribution in [0.25, 0.3) is 0 Å². The Bertz CT molecular complexity index is 939. The SMILES string of the molecule is Cc1cnc(NC(C)Cc2c(C)noc2C)nc1NC(C)Cc1c(C)noc1C. The first kappa shape index (κ1) is 20.8. The smallest absolute Gasteiger partial charge is 0.224 e. The van der Waals surface area contributed by atoms with Crippen molar-refractivity contribution in [1.82, 2.24) is 20.3 Å². The third-order valence-electron chi connectivity index (χ3n) is 5.11. The van der Waals surface area contributed by atoms with Crippen molar-refractivity contribution in [2.45, 2.75) is 73.4 Å². The Balaban J connectivity index is 1.66. The van der Waals surface area contributed by atoms with Crippen molar-refractivity contribution in [1.29, 1.82) is 0 Å². The molecule has 0 aliphatic carbocycles. The molecule has 0 saturated carbocycles. The van der Waals surface area contributed by atoms with Crippen LogP contribution in [0.5, 0.6) is 0 Å². The summed E-state index contributed by atoms with van der Waals surface area (Å²) in [7, 11) is 0. The molecule has 0 aliphatic rings. The van der Waals surface area contributed by atoms with Crippen molar-refractivity contribution >= 4 is 11.8 Å². The van der Waals surface area contributed by atoms with E-state index in [0.717, 1.165) is 58.3 Å². The molecular weight excluding hydrogens is 368 g/mol. The minimum absolute atomic E-state index is 0.141. The minimum Gasteiger partial charge on any atom is -0.367 e. The van der Waals surface area contributed by atoms with E-state index in [1.807, 2.05) is 40.8 Å². The predicted molar refractivity (Wildman–Crippen MR) is 112 cm³/mol. The molecule has 0 amide bonds. The van der Waals surface area contributed by atoms with Gasteiger partial charge in [-0.05, 0) is 61.3 Å². The van der Waals surface area contributed by atoms with Gasteiger partial charge in [0.1, 0.15) is 17.3 Å². The molecule has 8 nitrogen and oxygen atoms in total. The van der Waals surface area contributed by atoms with E-state index in [0.29, 0.717) is 5.95 Å². The second-order valence-electron chi connectivity index (χ2n) is 7.83. The number of nitrogens with one attached hydrogen (secondary N) is 2. The van der Waals surface area contributed by atoms with Gasteiger partial charge in [0.2, 0.25) is 5.95 Å². The lowest BCUT2D eigenvalue weighted by Crippen LogP contribution is -2.23. The first-order chi connectivity index (χ1) is 13.7. The summed E-state index contributed by atoms with van der Waals surface area (Å²) >= 11 is 0. The van der Waals surface area contributed by atoms with Gasteiger partial charge in [0.25, 0.3) is 0 Å². The maximum absolute atomic E-state index is 5.27. The fraction of sp³-hybridized carbons (Fsp3) is 0.524. The molecular formula is C21H30N6O2. The van der Waals surface area contributed by atoms with Crippen molar-refractivity contribution in [2.75, 3.05) is 10.6 Å². The molecule has 29 heavy (non-hydrogen) atoms. The molecule has 3 aromatic rings. The van der Waals surface area contributed by atoms with E-state index in [1.165, 1.54) is 0 Å². The highest BCUT2D eigenvalue weighted by Crippen LogP contribution is 2.20. The summed E-state index contributed by atoms with van der Waals surface area (Å²) in [4.78, 5) is 9.13. The fourth-order valence-corrected chi connectivity index (χ4v) is 3.41. The van der Waals surface area contributed by atoms with E-state index in [1.54, 1.807) is 0 Å². The van der Waals surface area contributed by atoms with Gasteiger partial charge in [-0.15, -0.1) is 0 Å². The van der Waals surface area contributed by atoms with Crippen LogP contribution in [0.2, 0.25) is 0 Å². The summed E-state index contributed by atoms with van der Waals surface area (Å²) in [6.07, 6.45) is 3.45. The average Bonchev–Trinajstić information content (AvgIpc) is 3.14. The molecule has 3 aromatic heterocycles. The Hall–Kier alpha value is -2.90. The van der Waals surface area contributed by atoms with Crippen molar-refractivity contribution in [2.24, 2.45) is 0 Å². The Morgan fingerprint density at radius 2 is 1.34 bits per heavy atom. The summed E-state index contributed by atoms with van der Waals surface area (Å²) in [6.45, 7) is 14.0. The second kappa shape index (κ2) is 8.63. The molecule has 0 aromatic carbocycles. The third-order valence-corrected chi connectivity index (χ3v) is 5.11. The molecule has 0 fully saturated rings. The summed E-state index contributed by atoms with van der Waals surface area (Å²) in [5, 5.41) is 14.9. The van der Waals surface area contributed by atoms with Gasteiger partial charge in [-0.1, -0.05) is 10.3 Å². The zero-order chi connectivity index (χ0) is 21.1. The molecule has 3 rings (SSSR count). The highest BCUT2D eigenvalue weighted by Gasteiger charge is 2.16. The van der Waals surface area contributed by atoms with Crippen molar-refractivity contribution in [3.05, 3.63) is 45.8 Å². The molecule has 2 N–H and O–H groups in total. The van der Waals surface area contributed by atoms with Crippen molar-refractivity contribution < 1.29 is 9.05 Å². The van der Waals surface area contributed by atoms with Crippen LogP contribution in [0.1, 0.15) is 53.4 Å². The number of aryl methyl sites for hydroxylation is 5. The van der Waals surface area contributed by atoms with E-state index in [-0.39, 0.29) is 12.1 Å². The van der Waals surface area contributed by atoms with Gasteiger partial charge >= 0.3 is 0 Å². The highest BCUT2D eigenvalue weighted by molar-refractivity contribution is 5.47. The third kappa shape index (κ3) is 4.93. The molecule has 0 aliphatic heterocycles. The van der Waals surface area contributed by atoms with Gasteiger partial charge in [0.05, 0.1) is 11.4 Å². The van der Waals surface area contributed by atoms with E-state index in [9.17, 15) is 0 Å². The van der Waals surface area contributed by atoms with Crippen LogP contribution in [0.15, 0.2) is 15.2 Å². The van der Waals surface area contributed by atoms with Gasteiger partial charge in [-0.2, -0.15) is 4.98 Å². The standard InChI is InChI=1S/C21H30N6O2/c1-11-10-22-21(24-13(3)9-19-15(5)27-29-17(19)7)25-20(11)23-12(2)8-18-14(4)26-28-16(18)6/h10,12-13H,8-9H2,1-7H3,(H2,22,23,24,25). The number of hydrogen-bond donors (Lipinski definition) is 2. The maximum Gasteiger partial charge on any atom is 0.224 e. The quantitative estimate of drug-likeness (QED) is 0.585. The summed E-state index contributed by atoms with van der Waals surface area (Å²) < 4.78 is 10.5. The van der Waals surface area contributed by atoms with Crippen LogP contribution in [-0.2, 0) is 12.8 Å². The summed E-state index contributed by atoms with van der Waals surface area (Å²) in [5.41, 5.74) is 5.13. The van der Waals surface area contributed by atoms with Crippen LogP contribution in [-0.4, -0.2) is 32.4 Å². The highest BCUT2D eigenvalue weighted by atomic mass is 16.5. The average molecular weight is 399 g/mol.